The second-order valence-electron chi connectivity index (χ2n) is 5.86. The summed E-state index contributed by atoms with van der Waals surface area (Å²) in [7, 11) is -5.89. The zero-order valence-electron chi connectivity index (χ0n) is 13.6. The van der Waals surface area contributed by atoms with Crippen molar-refractivity contribution in [1.82, 2.24) is 0 Å². The Morgan fingerprint density at radius 3 is 2.25 bits per heavy atom. The molecule has 1 aromatic carbocycles. The van der Waals surface area contributed by atoms with Gasteiger partial charge >= 0.3 is 11.2 Å². The monoisotopic (exact) mass is 359 g/mol. The lowest BCUT2D eigenvalue weighted by molar-refractivity contribution is -0.150. The molecule has 1 aliphatic carbocycles. The number of carbonyl (C=O) groups is 1. The lowest BCUT2D eigenvalue weighted by atomic mass is 9.87. The standard InChI is InChI=1S/C16H18F2O5S/c1-8-9(2)11(4)14-12(10(8)3)5-6-13(14)15(19)23-7-16(17,18)24(20,21)22/h5-6,13H,7H2,1-4H3,(H,20,21,22)/p-1. The molecule has 0 radical (unpaired) electrons. The summed E-state index contributed by atoms with van der Waals surface area (Å²) in [6.45, 7) is 5.79. The van der Waals surface area contributed by atoms with Gasteiger partial charge in [-0.05, 0) is 61.1 Å². The highest BCUT2D eigenvalue weighted by atomic mass is 32.2. The van der Waals surface area contributed by atoms with Crippen molar-refractivity contribution >= 4 is 22.2 Å². The molecule has 8 heteroatoms. The molecule has 0 saturated carbocycles. The summed E-state index contributed by atoms with van der Waals surface area (Å²) >= 11 is 0. The van der Waals surface area contributed by atoms with Crippen molar-refractivity contribution in [3.63, 3.8) is 0 Å². The molecule has 1 unspecified atom stereocenters. The van der Waals surface area contributed by atoms with E-state index >= 15 is 0 Å². The van der Waals surface area contributed by atoms with Crippen molar-refractivity contribution in [2.45, 2.75) is 38.9 Å². The van der Waals surface area contributed by atoms with Gasteiger partial charge < -0.3 is 9.29 Å². The zero-order valence-corrected chi connectivity index (χ0v) is 14.5. The van der Waals surface area contributed by atoms with E-state index in [-0.39, 0.29) is 0 Å². The van der Waals surface area contributed by atoms with E-state index in [1.54, 1.807) is 6.08 Å². The van der Waals surface area contributed by atoms with Gasteiger partial charge in [0.25, 0.3) is 0 Å². The van der Waals surface area contributed by atoms with Crippen LogP contribution in [0.25, 0.3) is 6.08 Å². The fraction of sp³-hybridized carbons (Fsp3) is 0.438. The van der Waals surface area contributed by atoms with Crippen LogP contribution >= 0.6 is 0 Å². The molecular weight excluding hydrogens is 342 g/mol. The van der Waals surface area contributed by atoms with Crippen LogP contribution in [0.2, 0.25) is 0 Å². The van der Waals surface area contributed by atoms with Gasteiger partial charge in [0, 0.05) is 0 Å². The molecule has 1 aliphatic rings. The fourth-order valence-electron chi connectivity index (χ4n) is 2.79. The van der Waals surface area contributed by atoms with E-state index < -0.39 is 33.9 Å². The highest BCUT2D eigenvalue weighted by molar-refractivity contribution is 7.86. The van der Waals surface area contributed by atoms with Crippen LogP contribution in [0.15, 0.2) is 6.08 Å². The number of fused-ring (bicyclic) bond motifs is 1. The minimum atomic E-state index is -5.89. The van der Waals surface area contributed by atoms with Gasteiger partial charge in [-0.25, -0.2) is 8.42 Å². The van der Waals surface area contributed by atoms with Crippen molar-refractivity contribution in [2.24, 2.45) is 0 Å². The summed E-state index contributed by atoms with van der Waals surface area (Å²) in [5.74, 6) is -1.91. The maximum Gasteiger partial charge on any atom is 0.367 e. The van der Waals surface area contributed by atoms with Crippen LogP contribution < -0.4 is 0 Å². The third-order valence-electron chi connectivity index (χ3n) is 4.55. The van der Waals surface area contributed by atoms with Gasteiger partial charge in [-0.3, -0.25) is 4.79 Å². The van der Waals surface area contributed by atoms with Gasteiger partial charge in [0.1, 0.15) is 5.92 Å². The van der Waals surface area contributed by atoms with Crippen molar-refractivity contribution in [3.05, 3.63) is 39.5 Å². The fourth-order valence-corrected chi connectivity index (χ4v) is 2.99. The number of ether oxygens (including phenoxy) is 1. The largest absolute Gasteiger partial charge is 0.743 e. The topological polar surface area (TPSA) is 83.5 Å². The van der Waals surface area contributed by atoms with Crippen LogP contribution in [0.5, 0.6) is 0 Å². The van der Waals surface area contributed by atoms with E-state index in [0.717, 1.165) is 27.8 Å². The number of rotatable bonds is 4. The lowest BCUT2D eigenvalue weighted by Crippen LogP contribution is -2.35. The van der Waals surface area contributed by atoms with Crippen LogP contribution in [0.1, 0.15) is 39.3 Å². The van der Waals surface area contributed by atoms with E-state index in [4.69, 9.17) is 0 Å². The molecule has 0 bridgehead atoms. The lowest BCUT2D eigenvalue weighted by Gasteiger charge is -2.22. The maximum atomic E-state index is 13.1. The summed E-state index contributed by atoms with van der Waals surface area (Å²) in [6, 6.07) is 0. The Morgan fingerprint density at radius 1 is 1.17 bits per heavy atom. The molecule has 0 amide bonds. The quantitative estimate of drug-likeness (QED) is 0.610. The van der Waals surface area contributed by atoms with Crippen LogP contribution in [0.4, 0.5) is 8.78 Å². The van der Waals surface area contributed by atoms with Gasteiger partial charge in [-0.1, -0.05) is 12.2 Å². The third kappa shape index (κ3) is 2.95. The average molecular weight is 359 g/mol. The highest BCUT2D eigenvalue weighted by Crippen LogP contribution is 2.39. The molecule has 5 nitrogen and oxygen atoms in total. The molecule has 0 fully saturated rings. The van der Waals surface area contributed by atoms with E-state index in [9.17, 15) is 26.5 Å². The first-order valence-electron chi connectivity index (χ1n) is 7.17. The Kier molecular flexibility index (Phi) is 4.58. The number of hydrogen-bond acceptors (Lipinski definition) is 5. The van der Waals surface area contributed by atoms with Crippen LogP contribution in [-0.2, 0) is 19.6 Å². The Labute approximate surface area is 139 Å². The Hall–Kier alpha value is -1.80. The normalized spacial score (nSPS) is 17.0. The van der Waals surface area contributed by atoms with Crippen molar-refractivity contribution in [2.75, 3.05) is 6.61 Å². The van der Waals surface area contributed by atoms with E-state index in [2.05, 4.69) is 4.74 Å². The van der Waals surface area contributed by atoms with Gasteiger partial charge in [0.05, 0.1) is 0 Å². The van der Waals surface area contributed by atoms with Crippen molar-refractivity contribution in [1.29, 1.82) is 0 Å². The van der Waals surface area contributed by atoms with Crippen LogP contribution in [0.3, 0.4) is 0 Å². The maximum absolute atomic E-state index is 13.1. The highest BCUT2D eigenvalue weighted by Gasteiger charge is 2.40. The molecule has 2 rings (SSSR count). The number of carbonyl (C=O) groups excluding carboxylic acids is 1. The number of alkyl halides is 2. The molecule has 0 aliphatic heterocycles. The van der Waals surface area contributed by atoms with Gasteiger partial charge in [0.15, 0.2) is 16.7 Å². The molecule has 0 saturated heterocycles. The molecule has 0 heterocycles. The van der Waals surface area contributed by atoms with E-state index in [1.807, 2.05) is 27.7 Å². The number of benzene rings is 1. The zero-order chi connectivity index (χ0) is 18.4. The van der Waals surface area contributed by atoms with Gasteiger partial charge in [-0.15, -0.1) is 0 Å². The smallest absolute Gasteiger partial charge is 0.367 e. The van der Waals surface area contributed by atoms with E-state index in [1.165, 1.54) is 6.08 Å². The Bertz CT molecular complexity index is 841. The molecule has 1 aromatic rings. The van der Waals surface area contributed by atoms with Crippen molar-refractivity contribution in [3.8, 4) is 0 Å². The molecule has 0 spiro atoms. The Balaban J connectivity index is 2.30. The summed E-state index contributed by atoms with van der Waals surface area (Å²) in [5, 5.41) is -4.65. The minimum Gasteiger partial charge on any atom is -0.743 e. The molecule has 24 heavy (non-hydrogen) atoms. The summed E-state index contributed by atoms with van der Waals surface area (Å²) < 4.78 is 62.1. The third-order valence-corrected chi connectivity index (χ3v) is 5.40. The number of esters is 1. The predicted octanol–water partition coefficient (Wildman–Crippen LogP) is 2.71. The van der Waals surface area contributed by atoms with Gasteiger partial charge in [0.2, 0.25) is 0 Å². The molecular formula is C16H17F2O5S-. The molecule has 0 aromatic heterocycles. The van der Waals surface area contributed by atoms with Gasteiger partial charge in [-0.2, -0.15) is 8.78 Å². The predicted molar refractivity (Wildman–Crippen MR) is 82.8 cm³/mol. The first kappa shape index (κ1) is 18.5. The summed E-state index contributed by atoms with van der Waals surface area (Å²) in [5.41, 5.74) is 5.39. The number of halogens is 2. The molecule has 132 valence electrons. The minimum absolute atomic E-state index is 0.661. The van der Waals surface area contributed by atoms with Crippen molar-refractivity contribution < 1.29 is 31.3 Å². The number of hydrogen-bond donors (Lipinski definition) is 0. The summed E-state index contributed by atoms with van der Waals surface area (Å²) in [4.78, 5) is 12.1. The van der Waals surface area contributed by atoms with Crippen LogP contribution in [-0.4, -0.2) is 30.8 Å². The Morgan fingerprint density at radius 2 is 1.71 bits per heavy atom. The second-order valence-corrected chi connectivity index (χ2v) is 7.37. The SMILES string of the molecule is Cc1c(C)c(C)c2c(c1C)C=CC2C(=O)OCC(F)(F)S(=O)(=O)[O-]. The van der Waals surface area contributed by atoms with E-state index in [0.29, 0.717) is 5.56 Å². The first-order chi connectivity index (χ1) is 10.9. The average Bonchev–Trinajstić information content (AvgIpc) is 2.92. The van der Waals surface area contributed by atoms with Crippen LogP contribution in [0, 0.1) is 27.7 Å². The molecule has 1 atom stereocenters. The summed E-state index contributed by atoms with van der Waals surface area (Å²) in [6.07, 6.45) is 3.24. The second kappa shape index (κ2) is 5.93. The first-order valence-corrected chi connectivity index (χ1v) is 8.57. The molecule has 0 N–H and O–H groups in total.